The molecule has 0 unspecified atom stereocenters. The lowest BCUT2D eigenvalue weighted by Crippen LogP contribution is -2.54. The minimum atomic E-state index is -0.586. The number of anilines is 1. The van der Waals surface area contributed by atoms with Gasteiger partial charge in [0.05, 0.1) is 17.6 Å². The number of hydrogen-bond acceptors (Lipinski definition) is 5. The minimum absolute atomic E-state index is 0.242. The number of nitrogens with zero attached hydrogens (tertiary/aromatic N) is 4. The maximum absolute atomic E-state index is 13.9. The molecule has 1 N–H and O–H groups in total. The van der Waals surface area contributed by atoms with Crippen molar-refractivity contribution in [1.82, 2.24) is 14.7 Å². The van der Waals surface area contributed by atoms with Gasteiger partial charge in [0.2, 0.25) is 0 Å². The van der Waals surface area contributed by atoms with Crippen LogP contribution in [0.15, 0.2) is 64.9 Å². The number of nitrogens with one attached hydrogen (secondary N) is 1. The Balaban J connectivity index is 1.90. The number of allylic oxidation sites excluding steroid dienone is 4. The second-order valence-electron chi connectivity index (χ2n) is 7.52. The molecule has 0 spiro atoms. The summed E-state index contributed by atoms with van der Waals surface area (Å²) in [6.45, 7) is 15.1. The van der Waals surface area contributed by atoms with E-state index in [1.54, 1.807) is 19.2 Å². The first kappa shape index (κ1) is 20.7. The Bertz CT molecular complexity index is 1060. The molecule has 0 saturated carbocycles. The van der Waals surface area contributed by atoms with Crippen LogP contribution in [0.1, 0.15) is 26.5 Å². The lowest BCUT2D eigenvalue weighted by Gasteiger charge is -2.37. The normalized spacial score (nSPS) is 20.4. The average Bonchev–Trinajstić information content (AvgIpc) is 2.65. The monoisotopic (exact) mass is 395 g/mol. The summed E-state index contributed by atoms with van der Waals surface area (Å²) in [6.07, 6.45) is 4.06. The van der Waals surface area contributed by atoms with Crippen molar-refractivity contribution < 1.29 is 4.39 Å². The first-order valence-electron chi connectivity index (χ1n) is 9.53. The van der Waals surface area contributed by atoms with Crippen molar-refractivity contribution in [2.24, 2.45) is 4.99 Å². The van der Waals surface area contributed by atoms with Gasteiger partial charge in [-0.25, -0.2) is 9.37 Å². The van der Waals surface area contributed by atoms with Gasteiger partial charge in [0.25, 0.3) is 5.56 Å². The van der Waals surface area contributed by atoms with E-state index in [4.69, 9.17) is 0 Å². The molecule has 0 radical (unpaired) electrons. The number of pyridine rings is 1. The molecule has 7 heteroatoms. The van der Waals surface area contributed by atoms with Crippen LogP contribution in [0, 0.1) is 0 Å². The Kier molecular flexibility index (Phi) is 6.08. The van der Waals surface area contributed by atoms with Crippen molar-refractivity contribution in [3.8, 4) is 0 Å². The standard InChI is InChI=1S/C22H26FN5O/c1-14(2)24-10-18(23)8-15(3)20-9-22(29)28-13-19(6-7-21(28)26-20)27-11-16(4)25-17(5)12-27/h6-10,13,16-17,25H,1,3,11-12H2,2,4-5H3/b18-8+,24-10+/t16-,17+. The molecule has 2 atom stereocenters. The highest BCUT2D eigenvalue weighted by Gasteiger charge is 2.21. The van der Waals surface area contributed by atoms with E-state index in [1.165, 1.54) is 16.5 Å². The summed E-state index contributed by atoms with van der Waals surface area (Å²) < 4.78 is 15.4. The molecule has 0 aromatic carbocycles. The van der Waals surface area contributed by atoms with Gasteiger partial charge >= 0.3 is 0 Å². The Morgan fingerprint density at radius 2 is 2.00 bits per heavy atom. The topological polar surface area (TPSA) is 62.0 Å². The third kappa shape index (κ3) is 5.06. The second kappa shape index (κ2) is 8.53. The van der Waals surface area contributed by atoms with Gasteiger partial charge in [-0.1, -0.05) is 13.2 Å². The predicted octanol–water partition coefficient (Wildman–Crippen LogP) is 3.35. The molecule has 152 valence electrons. The van der Waals surface area contributed by atoms with E-state index in [-0.39, 0.29) is 5.56 Å². The quantitative estimate of drug-likeness (QED) is 0.623. The van der Waals surface area contributed by atoms with Crippen LogP contribution >= 0.6 is 0 Å². The van der Waals surface area contributed by atoms with Crippen LogP contribution in [-0.4, -0.2) is 40.8 Å². The van der Waals surface area contributed by atoms with Crippen LogP contribution in [0.25, 0.3) is 11.2 Å². The highest BCUT2D eigenvalue weighted by molar-refractivity contribution is 5.83. The molecule has 1 aliphatic rings. The van der Waals surface area contributed by atoms with Crippen molar-refractivity contribution in [3.05, 3.63) is 71.2 Å². The van der Waals surface area contributed by atoms with Crippen molar-refractivity contribution in [1.29, 1.82) is 0 Å². The van der Waals surface area contributed by atoms with E-state index in [0.29, 0.717) is 34.7 Å². The fourth-order valence-corrected chi connectivity index (χ4v) is 3.43. The fourth-order valence-electron chi connectivity index (χ4n) is 3.43. The van der Waals surface area contributed by atoms with Gasteiger partial charge in [-0.05, 0) is 44.6 Å². The first-order chi connectivity index (χ1) is 13.7. The number of hydrogen-bond donors (Lipinski definition) is 1. The number of aromatic nitrogens is 2. The molecule has 0 amide bonds. The van der Waals surface area contributed by atoms with Crippen LogP contribution in [0.5, 0.6) is 0 Å². The Morgan fingerprint density at radius 3 is 2.66 bits per heavy atom. The molecule has 29 heavy (non-hydrogen) atoms. The van der Waals surface area contributed by atoms with Gasteiger partial charge in [-0.2, -0.15) is 0 Å². The molecule has 2 aromatic rings. The van der Waals surface area contributed by atoms with Crippen LogP contribution in [0.2, 0.25) is 0 Å². The van der Waals surface area contributed by atoms with E-state index in [2.05, 4.69) is 47.2 Å². The number of fused-ring (bicyclic) bond motifs is 1. The molecule has 1 aliphatic heterocycles. The third-order valence-corrected chi connectivity index (χ3v) is 4.62. The molecule has 0 bridgehead atoms. The summed E-state index contributed by atoms with van der Waals surface area (Å²) in [5.74, 6) is -0.586. The van der Waals surface area contributed by atoms with Crippen molar-refractivity contribution in [2.75, 3.05) is 18.0 Å². The van der Waals surface area contributed by atoms with Gasteiger partial charge < -0.3 is 10.2 Å². The molecule has 2 aromatic heterocycles. The molecule has 1 fully saturated rings. The summed E-state index contributed by atoms with van der Waals surface area (Å²) in [5, 5.41) is 3.50. The van der Waals surface area contributed by atoms with Crippen LogP contribution < -0.4 is 15.8 Å². The number of piperazine rings is 1. The lowest BCUT2D eigenvalue weighted by molar-refractivity contribution is 0.407. The summed E-state index contributed by atoms with van der Waals surface area (Å²) >= 11 is 0. The fraction of sp³-hybridized carbons (Fsp3) is 0.318. The van der Waals surface area contributed by atoms with E-state index < -0.39 is 5.83 Å². The number of halogens is 1. The molecule has 0 aliphatic carbocycles. The SMILES string of the molecule is C=C(C)/N=C/C(F)=C\C(=C)c1cc(=O)n2cc(N3C[C@@H](C)N[C@@H](C)C3)ccc2n1. The second-order valence-corrected chi connectivity index (χ2v) is 7.52. The van der Waals surface area contributed by atoms with Crippen LogP contribution in [0.4, 0.5) is 10.1 Å². The van der Waals surface area contributed by atoms with Crippen molar-refractivity contribution in [2.45, 2.75) is 32.9 Å². The summed E-state index contributed by atoms with van der Waals surface area (Å²) in [6, 6.07) is 5.85. The minimum Gasteiger partial charge on any atom is -0.367 e. The zero-order chi connectivity index (χ0) is 21.1. The first-order valence-corrected chi connectivity index (χ1v) is 9.53. The molecular formula is C22H26FN5O. The van der Waals surface area contributed by atoms with Gasteiger partial charge in [0.15, 0.2) is 0 Å². The Labute approximate surface area is 169 Å². The zero-order valence-corrected chi connectivity index (χ0v) is 17.0. The smallest absolute Gasteiger partial charge is 0.258 e. The van der Waals surface area contributed by atoms with E-state index >= 15 is 0 Å². The van der Waals surface area contributed by atoms with E-state index in [0.717, 1.165) is 25.0 Å². The maximum atomic E-state index is 13.9. The van der Waals surface area contributed by atoms with Crippen molar-refractivity contribution in [3.63, 3.8) is 0 Å². The molecule has 3 heterocycles. The number of aliphatic imine (C=N–C) groups is 1. The summed E-state index contributed by atoms with van der Waals surface area (Å²) in [4.78, 5) is 23.2. The molecule has 3 rings (SSSR count). The molecular weight excluding hydrogens is 369 g/mol. The Hall–Kier alpha value is -3.06. The lowest BCUT2D eigenvalue weighted by atomic mass is 10.1. The highest BCUT2D eigenvalue weighted by Crippen LogP contribution is 2.19. The Morgan fingerprint density at radius 1 is 1.31 bits per heavy atom. The zero-order valence-electron chi connectivity index (χ0n) is 17.0. The van der Waals surface area contributed by atoms with E-state index in [1.807, 2.05) is 6.07 Å². The van der Waals surface area contributed by atoms with Gasteiger partial charge in [-0.3, -0.25) is 14.2 Å². The van der Waals surface area contributed by atoms with E-state index in [9.17, 15) is 9.18 Å². The number of rotatable bonds is 5. The van der Waals surface area contributed by atoms with Crippen molar-refractivity contribution >= 4 is 23.1 Å². The maximum Gasteiger partial charge on any atom is 0.258 e. The summed E-state index contributed by atoms with van der Waals surface area (Å²) in [7, 11) is 0. The van der Waals surface area contributed by atoms with Gasteiger partial charge in [-0.15, -0.1) is 0 Å². The third-order valence-electron chi connectivity index (χ3n) is 4.62. The molecule has 1 saturated heterocycles. The largest absolute Gasteiger partial charge is 0.367 e. The molecule has 6 nitrogen and oxygen atoms in total. The summed E-state index contributed by atoms with van der Waals surface area (Å²) in [5.41, 5.74) is 2.32. The van der Waals surface area contributed by atoms with Crippen LogP contribution in [-0.2, 0) is 0 Å². The van der Waals surface area contributed by atoms with Crippen LogP contribution in [0.3, 0.4) is 0 Å². The van der Waals surface area contributed by atoms with Gasteiger partial charge in [0.1, 0.15) is 11.5 Å². The average molecular weight is 395 g/mol. The highest BCUT2D eigenvalue weighted by atomic mass is 19.1. The van der Waals surface area contributed by atoms with Gasteiger partial charge in [0, 0.05) is 43.1 Å². The predicted molar refractivity (Wildman–Crippen MR) is 117 cm³/mol.